The van der Waals surface area contributed by atoms with Gasteiger partial charge in [-0.05, 0) is 5.92 Å². The van der Waals surface area contributed by atoms with E-state index in [1.807, 2.05) is 0 Å². The highest BCUT2D eigenvalue weighted by Gasteiger charge is 2.29. The zero-order valence-corrected chi connectivity index (χ0v) is 5.61. The first-order chi connectivity index (χ1) is 4.45. The van der Waals surface area contributed by atoms with Crippen molar-refractivity contribution in [2.75, 3.05) is 6.61 Å². The lowest BCUT2D eigenvalue weighted by molar-refractivity contribution is -0.147. The third-order valence-electron chi connectivity index (χ3n) is 0.961. The van der Waals surface area contributed by atoms with Gasteiger partial charge in [0.15, 0.2) is 0 Å². The molecule has 0 aromatic carbocycles. The topological polar surface area (TPSA) is 35.2 Å². The molecule has 0 aliphatic heterocycles. The van der Waals surface area contributed by atoms with Gasteiger partial charge in [-0.1, -0.05) is 6.92 Å². The number of hydrogen-bond donors (Lipinski definition) is 1. The van der Waals surface area contributed by atoms with E-state index in [1.54, 1.807) is 0 Å². The molecule has 0 radical (unpaired) electrons. The Balaban J connectivity index is 3.47. The molecule has 1 atom stereocenters. The van der Waals surface area contributed by atoms with Crippen LogP contribution in [0.25, 0.3) is 0 Å². The smallest absolute Gasteiger partial charge is 0.304 e. The number of halogens is 3. The summed E-state index contributed by atoms with van der Waals surface area (Å²) in [6.45, 7) is 1.37. The predicted molar refractivity (Wildman–Crippen MR) is 30.0 cm³/mol. The Hall–Kier alpha value is -0.290. The Morgan fingerprint density at radius 3 is 2.30 bits per heavy atom. The molecule has 0 spiro atoms. The van der Waals surface area contributed by atoms with Gasteiger partial charge < -0.3 is 4.84 Å². The summed E-state index contributed by atoms with van der Waals surface area (Å²) in [5.41, 5.74) is 0. The average molecular weight is 157 g/mol. The van der Waals surface area contributed by atoms with Crippen LogP contribution in [0.5, 0.6) is 0 Å². The van der Waals surface area contributed by atoms with Crippen molar-refractivity contribution in [1.82, 2.24) is 0 Å². The van der Waals surface area contributed by atoms with E-state index in [2.05, 4.69) is 10.7 Å². The molecule has 0 aromatic rings. The van der Waals surface area contributed by atoms with E-state index in [4.69, 9.17) is 0 Å². The largest absolute Gasteiger partial charge is 0.389 e. The minimum Gasteiger partial charge on any atom is -0.304 e. The quantitative estimate of drug-likeness (QED) is 0.629. The molecular formula is C5H10F3NO. The molecule has 0 saturated heterocycles. The minimum atomic E-state index is -4.11. The summed E-state index contributed by atoms with van der Waals surface area (Å²) in [5.74, 6) is 4.02. The molecule has 5 heteroatoms. The van der Waals surface area contributed by atoms with E-state index >= 15 is 0 Å². The van der Waals surface area contributed by atoms with Crippen LogP contribution < -0.4 is 5.90 Å². The second-order valence-electron chi connectivity index (χ2n) is 2.26. The van der Waals surface area contributed by atoms with Crippen LogP contribution in [-0.4, -0.2) is 12.8 Å². The fraction of sp³-hybridized carbons (Fsp3) is 1.00. The van der Waals surface area contributed by atoms with Gasteiger partial charge >= 0.3 is 6.18 Å². The van der Waals surface area contributed by atoms with E-state index < -0.39 is 18.5 Å². The Morgan fingerprint density at radius 1 is 1.50 bits per heavy atom. The van der Waals surface area contributed by atoms with E-state index in [-0.39, 0.29) is 6.61 Å². The van der Waals surface area contributed by atoms with Crippen molar-refractivity contribution in [3.05, 3.63) is 0 Å². The third-order valence-corrected chi connectivity index (χ3v) is 0.961. The summed E-state index contributed by atoms with van der Waals surface area (Å²) in [6.07, 6.45) is -4.96. The van der Waals surface area contributed by atoms with Crippen molar-refractivity contribution in [2.24, 2.45) is 11.8 Å². The summed E-state index contributed by atoms with van der Waals surface area (Å²) in [6, 6.07) is 0. The molecule has 2 N–H and O–H groups in total. The van der Waals surface area contributed by atoms with Crippen LogP contribution in [0.2, 0.25) is 0 Å². The van der Waals surface area contributed by atoms with Gasteiger partial charge in [0.05, 0.1) is 6.61 Å². The molecular weight excluding hydrogens is 147 g/mol. The second-order valence-corrected chi connectivity index (χ2v) is 2.26. The lowest BCUT2D eigenvalue weighted by atomic mass is 10.1. The molecule has 1 unspecified atom stereocenters. The molecule has 0 bridgehead atoms. The summed E-state index contributed by atoms with van der Waals surface area (Å²) < 4.78 is 34.6. The maximum Gasteiger partial charge on any atom is 0.389 e. The lowest BCUT2D eigenvalue weighted by Gasteiger charge is -2.11. The molecule has 0 amide bonds. The van der Waals surface area contributed by atoms with Crippen LogP contribution >= 0.6 is 0 Å². The van der Waals surface area contributed by atoms with Crippen molar-refractivity contribution in [3.63, 3.8) is 0 Å². The fourth-order valence-electron chi connectivity index (χ4n) is 0.618. The van der Waals surface area contributed by atoms with Crippen LogP contribution in [0.15, 0.2) is 0 Å². The fourth-order valence-corrected chi connectivity index (χ4v) is 0.618. The summed E-state index contributed by atoms with van der Waals surface area (Å²) in [5, 5.41) is 0. The monoisotopic (exact) mass is 157 g/mol. The van der Waals surface area contributed by atoms with E-state index in [0.29, 0.717) is 0 Å². The Bertz CT molecular complexity index is 93.4. The standard InChI is InChI=1S/C5H10F3NO/c1-4(3-10-9)2-5(6,7)8/h4H,2-3,9H2,1H3. The number of nitrogens with two attached hydrogens (primary N) is 1. The minimum absolute atomic E-state index is 0.0560. The molecule has 0 aliphatic carbocycles. The van der Waals surface area contributed by atoms with Crippen LogP contribution in [0.4, 0.5) is 13.2 Å². The predicted octanol–water partition coefficient (Wildman–Crippen LogP) is 1.47. The molecule has 62 valence electrons. The number of alkyl halides is 3. The van der Waals surface area contributed by atoms with Gasteiger partial charge in [0.1, 0.15) is 0 Å². The van der Waals surface area contributed by atoms with Crippen LogP contribution in [0.1, 0.15) is 13.3 Å². The summed E-state index contributed by atoms with van der Waals surface area (Å²) in [4.78, 5) is 4.05. The maximum absolute atomic E-state index is 11.5. The normalized spacial score (nSPS) is 15.3. The maximum atomic E-state index is 11.5. The Morgan fingerprint density at radius 2 is 2.00 bits per heavy atom. The third kappa shape index (κ3) is 5.84. The highest BCUT2D eigenvalue weighted by atomic mass is 19.4. The molecule has 10 heavy (non-hydrogen) atoms. The zero-order valence-electron chi connectivity index (χ0n) is 5.61. The van der Waals surface area contributed by atoms with Crippen LogP contribution in [0, 0.1) is 5.92 Å². The van der Waals surface area contributed by atoms with Crippen molar-refractivity contribution in [1.29, 1.82) is 0 Å². The lowest BCUT2D eigenvalue weighted by Crippen LogP contribution is -2.18. The Labute approximate surface area is 57.1 Å². The van der Waals surface area contributed by atoms with Crippen molar-refractivity contribution in [3.8, 4) is 0 Å². The molecule has 0 rings (SSSR count). The van der Waals surface area contributed by atoms with Crippen LogP contribution in [0.3, 0.4) is 0 Å². The van der Waals surface area contributed by atoms with E-state index in [9.17, 15) is 13.2 Å². The molecule has 0 aromatic heterocycles. The first-order valence-corrected chi connectivity index (χ1v) is 2.84. The van der Waals surface area contributed by atoms with Gasteiger partial charge in [0, 0.05) is 6.42 Å². The van der Waals surface area contributed by atoms with Gasteiger partial charge in [-0.3, -0.25) is 0 Å². The van der Waals surface area contributed by atoms with Gasteiger partial charge in [-0.15, -0.1) is 0 Å². The van der Waals surface area contributed by atoms with Gasteiger partial charge in [0.2, 0.25) is 0 Å². The van der Waals surface area contributed by atoms with Crippen LogP contribution in [-0.2, 0) is 4.84 Å². The second kappa shape index (κ2) is 3.78. The average Bonchev–Trinajstić information content (AvgIpc) is 1.59. The first kappa shape index (κ1) is 9.71. The van der Waals surface area contributed by atoms with Crippen molar-refractivity contribution < 1.29 is 18.0 Å². The van der Waals surface area contributed by atoms with Gasteiger partial charge in [0.25, 0.3) is 0 Å². The van der Waals surface area contributed by atoms with Gasteiger partial charge in [-0.2, -0.15) is 13.2 Å². The summed E-state index contributed by atoms with van der Waals surface area (Å²) >= 11 is 0. The number of hydrogen-bond acceptors (Lipinski definition) is 2. The van der Waals surface area contributed by atoms with Crippen molar-refractivity contribution >= 4 is 0 Å². The molecule has 0 fully saturated rings. The zero-order chi connectivity index (χ0) is 8.20. The first-order valence-electron chi connectivity index (χ1n) is 2.84. The molecule has 0 heterocycles. The highest BCUT2D eigenvalue weighted by Crippen LogP contribution is 2.24. The van der Waals surface area contributed by atoms with Gasteiger partial charge in [-0.25, -0.2) is 5.90 Å². The van der Waals surface area contributed by atoms with Crippen molar-refractivity contribution in [2.45, 2.75) is 19.5 Å². The number of rotatable bonds is 3. The Kier molecular flexibility index (Phi) is 3.67. The highest BCUT2D eigenvalue weighted by molar-refractivity contribution is 4.57. The SMILES string of the molecule is CC(CON)CC(F)(F)F. The molecule has 0 saturated carbocycles. The summed E-state index contributed by atoms with van der Waals surface area (Å²) in [7, 11) is 0. The van der Waals surface area contributed by atoms with E-state index in [0.717, 1.165) is 0 Å². The van der Waals surface area contributed by atoms with E-state index in [1.165, 1.54) is 6.92 Å². The molecule has 2 nitrogen and oxygen atoms in total. The molecule has 0 aliphatic rings.